The van der Waals surface area contributed by atoms with E-state index in [0.717, 1.165) is 11.1 Å². The quantitative estimate of drug-likeness (QED) is 0.837. The Labute approximate surface area is 111 Å². The zero-order chi connectivity index (χ0) is 13.8. The van der Waals surface area contributed by atoms with Gasteiger partial charge in [0.05, 0.1) is 20.8 Å². The van der Waals surface area contributed by atoms with Crippen LogP contribution >= 0.6 is 0 Å². The SMILES string of the molecule is COC(=O)[C@H](C)NCc1cc2cccc(OC)c2o1. The Kier molecular flexibility index (Phi) is 4.06. The molecule has 0 aliphatic carbocycles. The lowest BCUT2D eigenvalue weighted by Crippen LogP contribution is -2.34. The molecule has 1 atom stereocenters. The molecule has 0 saturated heterocycles. The number of methoxy groups -OCH3 is 2. The Morgan fingerprint density at radius 2 is 2.21 bits per heavy atom. The number of nitrogens with one attached hydrogen (secondary N) is 1. The monoisotopic (exact) mass is 263 g/mol. The number of carbonyl (C=O) groups is 1. The van der Waals surface area contributed by atoms with Crippen molar-refractivity contribution in [1.29, 1.82) is 0 Å². The Bertz CT molecular complexity index is 576. The molecular formula is C14H17NO4. The summed E-state index contributed by atoms with van der Waals surface area (Å²) in [5.74, 6) is 1.15. The molecule has 5 heteroatoms. The number of esters is 1. The van der Waals surface area contributed by atoms with Crippen molar-refractivity contribution < 1.29 is 18.7 Å². The molecule has 0 unspecified atom stereocenters. The predicted molar refractivity (Wildman–Crippen MR) is 71.1 cm³/mol. The van der Waals surface area contributed by atoms with Crippen molar-refractivity contribution in [3.8, 4) is 5.75 Å². The number of para-hydroxylation sites is 1. The molecule has 1 N–H and O–H groups in total. The van der Waals surface area contributed by atoms with Crippen LogP contribution in [0.25, 0.3) is 11.0 Å². The maximum Gasteiger partial charge on any atom is 0.322 e. The molecule has 0 bridgehead atoms. The molecule has 2 aromatic rings. The number of fused-ring (bicyclic) bond motifs is 1. The second kappa shape index (κ2) is 5.75. The topological polar surface area (TPSA) is 60.7 Å². The molecular weight excluding hydrogens is 246 g/mol. The van der Waals surface area contributed by atoms with Crippen LogP contribution in [0, 0.1) is 0 Å². The van der Waals surface area contributed by atoms with Crippen LogP contribution in [0.3, 0.4) is 0 Å². The standard InChI is InChI=1S/C14H17NO4/c1-9(14(16)18-3)15-8-11-7-10-5-4-6-12(17-2)13(10)19-11/h4-7,9,15H,8H2,1-3H3/t9-/m0/s1. The minimum Gasteiger partial charge on any atom is -0.493 e. The summed E-state index contributed by atoms with van der Waals surface area (Å²) in [4.78, 5) is 11.3. The van der Waals surface area contributed by atoms with E-state index in [4.69, 9.17) is 9.15 Å². The highest BCUT2D eigenvalue weighted by Crippen LogP contribution is 2.28. The Hall–Kier alpha value is -2.01. The molecule has 1 heterocycles. The largest absolute Gasteiger partial charge is 0.493 e. The fraction of sp³-hybridized carbons (Fsp3) is 0.357. The number of hydrogen-bond donors (Lipinski definition) is 1. The molecule has 0 fully saturated rings. The number of benzene rings is 1. The van der Waals surface area contributed by atoms with Gasteiger partial charge in [0.15, 0.2) is 11.3 Å². The van der Waals surface area contributed by atoms with Crippen molar-refractivity contribution in [2.75, 3.05) is 14.2 Å². The van der Waals surface area contributed by atoms with Gasteiger partial charge in [-0.25, -0.2) is 0 Å². The average molecular weight is 263 g/mol. The van der Waals surface area contributed by atoms with Gasteiger partial charge >= 0.3 is 5.97 Å². The minimum absolute atomic E-state index is 0.298. The third kappa shape index (κ3) is 2.88. The molecule has 0 aliphatic rings. The first-order valence-corrected chi connectivity index (χ1v) is 6.02. The van der Waals surface area contributed by atoms with Crippen molar-refractivity contribution in [2.24, 2.45) is 0 Å². The van der Waals surface area contributed by atoms with Crippen LogP contribution in [0.15, 0.2) is 28.7 Å². The zero-order valence-electron chi connectivity index (χ0n) is 11.2. The highest BCUT2D eigenvalue weighted by atomic mass is 16.5. The average Bonchev–Trinajstić information content (AvgIpc) is 2.86. The summed E-state index contributed by atoms with van der Waals surface area (Å²) in [7, 11) is 2.97. The summed E-state index contributed by atoms with van der Waals surface area (Å²) in [6.07, 6.45) is 0. The lowest BCUT2D eigenvalue weighted by molar-refractivity contribution is -0.142. The highest BCUT2D eigenvalue weighted by molar-refractivity contribution is 5.83. The maximum absolute atomic E-state index is 11.3. The van der Waals surface area contributed by atoms with Gasteiger partial charge in [0.25, 0.3) is 0 Å². The lowest BCUT2D eigenvalue weighted by atomic mass is 10.2. The molecule has 1 aromatic carbocycles. The molecule has 0 amide bonds. The maximum atomic E-state index is 11.3. The third-order valence-electron chi connectivity index (χ3n) is 2.92. The van der Waals surface area contributed by atoms with Gasteiger partial charge in [-0.2, -0.15) is 0 Å². The summed E-state index contributed by atoms with van der Waals surface area (Å²) in [5.41, 5.74) is 0.715. The number of hydrogen-bond acceptors (Lipinski definition) is 5. The smallest absolute Gasteiger partial charge is 0.322 e. The van der Waals surface area contributed by atoms with E-state index in [1.165, 1.54) is 7.11 Å². The van der Waals surface area contributed by atoms with Gasteiger partial charge < -0.3 is 13.9 Å². The number of furan rings is 1. The predicted octanol–water partition coefficient (Wildman–Crippen LogP) is 2.09. The Morgan fingerprint density at radius 1 is 1.42 bits per heavy atom. The fourth-order valence-corrected chi connectivity index (χ4v) is 1.85. The lowest BCUT2D eigenvalue weighted by Gasteiger charge is -2.09. The van der Waals surface area contributed by atoms with Crippen LogP contribution in [0.2, 0.25) is 0 Å². The first kappa shape index (κ1) is 13.4. The molecule has 19 heavy (non-hydrogen) atoms. The van der Waals surface area contributed by atoms with E-state index in [2.05, 4.69) is 10.1 Å². The van der Waals surface area contributed by atoms with Crippen molar-refractivity contribution in [3.63, 3.8) is 0 Å². The molecule has 0 spiro atoms. The van der Waals surface area contributed by atoms with Gasteiger partial charge in [0.2, 0.25) is 0 Å². The zero-order valence-corrected chi connectivity index (χ0v) is 11.2. The van der Waals surface area contributed by atoms with Crippen LogP contribution in [0.5, 0.6) is 5.75 Å². The second-order valence-corrected chi connectivity index (χ2v) is 4.22. The van der Waals surface area contributed by atoms with Gasteiger partial charge in [-0.3, -0.25) is 10.1 Å². The first-order chi connectivity index (χ1) is 9.15. The van der Waals surface area contributed by atoms with E-state index in [9.17, 15) is 4.79 Å². The molecule has 2 rings (SSSR count). The second-order valence-electron chi connectivity index (χ2n) is 4.22. The van der Waals surface area contributed by atoms with E-state index in [-0.39, 0.29) is 12.0 Å². The molecule has 0 saturated carbocycles. The fourth-order valence-electron chi connectivity index (χ4n) is 1.85. The summed E-state index contributed by atoms with van der Waals surface area (Å²) in [6, 6.07) is 7.26. The molecule has 1 aromatic heterocycles. The van der Waals surface area contributed by atoms with Crippen LogP contribution in [0.4, 0.5) is 0 Å². The van der Waals surface area contributed by atoms with E-state index >= 15 is 0 Å². The number of ether oxygens (including phenoxy) is 2. The number of carbonyl (C=O) groups excluding carboxylic acids is 1. The summed E-state index contributed by atoms with van der Waals surface area (Å²) < 4.78 is 15.6. The van der Waals surface area contributed by atoms with Gasteiger partial charge in [-0.1, -0.05) is 12.1 Å². The van der Waals surface area contributed by atoms with Crippen LogP contribution in [-0.2, 0) is 16.1 Å². The first-order valence-electron chi connectivity index (χ1n) is 6.02. The van der Waals surface area contributed by atoms with Crippen LogP contribution in [0.1, 0.15) is 12.7 Å². The van der Waals surface area contributed by atoms with E-state index in [1.807, 2.05) is 24.3 Å². The highest BCUT2D eigenvalue weighted by Gasteiger charge is 2.14. The molecule has 5 nitrogen and oxygen atoms in total. The number of rotatable bonds is 5. The van der Waals surface area contributed by atoms with E-state index < -0.39 is 0 Å². The third-order valence-corrected chi connectivity index (χ3v) is 2.92. The van der Waals surface area contributed by atoms with Gasteiger partial charge in [0.1, 0.15) is 11.8 Å². The summed E-state index contributed by atoms with van der Waals surface area (Å²) in [5, 5.41) is 4.01. The molecule has 102 valence electrons. The minimum atomic E-state index is -0.375. The van der Waals surface area contributed by atoms with E-state index in [1.54, 1.807) is 14.0 Å². The van der Waals surface area contributed by atoms with Gasteiger partial charge in [-0.05, 0) is 19.1 Å². The van der Waals surface area contributed by atoms with Crippen LogP contribution < -0.4 is 10.1 Å². The van der Waals surface area contributed by atoms with Gasteiger partial charge in [-0.15, -0.1) is 0 Å². The van der Waals surface area contributed by atoms with Crippen molar-refractivity contribution in [3.05, 3.63) is 30.0 Å². The normalized spacial score (nSPS) is 12.4. The van der Waals surface area contributed by atoms with Crippen molar-refractivity contribution >= 4 is 16.9 Å². The van der Waals surface area contributed by atoms with Crippen molar-refractivity contribution in [2.45, 2.75) is 19.5 Å². The van der Waals surface area contributed by atoms with Crippen molar-refractivity contribution in [1.82, 2.24) is 5.32 Å². The Balaban J connectivity index is 2.12. The summed E-state index contributed by atoms with van der Waals surface area (Å²) in [6.45, 7) is 2.20. The van der Waals surface area contributed by atoms with Crippen LogP contribution in [-0.4, -0.2) is 26.2 Å². The van der Waals surface area contributed by atoms with Gasteiger partial charge in [0, 0.05) is 5.39 Å². The molecule has 0 aliphatic heterocycles. The molecule has 0 radical (unpaired) electrons. The summed E-state index contributed by atoms with van der Waals surface area (Å²) >= 11 is 0. The Morgan fingerprint density at radius 3 is 2.89 bits per heavy atom. The van der Waals surface area contributed by atoms with E-state index in [0.29, 0.717) is 17.9 Å².